The summed E-state index contributed by atoms with van der Waals surface area (Å²) in [7, 11) is -2.98. The average molecular weight is 429 g/mol. The molecule has 2 N–H and O–H groups in total. The summed E-state index contributed by atoms with van der Waals surface area (Å²) in [5.41, 5.74) is 2.20. The fraction of sp³-hybridized carbons (Fsp3) is 0.450. The van der Waals surface area contributed by atoms with Gasteiger partial charge in [0.25, 0.3) is 0 Å². The van der Waals surface area contributed by atoms with Crippen LogP contribution in [0.15, 0.2) is 24.4 Å². The van der Waals surface area contributed by atoms with Gasteiger partial charge >= 0.3 is 0 Å². The van der Waals surface area contributed by atoms with Crippen LogP contribution in [0.3, 0.4) is 0 Å². The molecule has 0 spiro atoms. The first kappa shape index (κ1) is 19.3. The van der Waals surface area contributed by atoms with Gasteiger partial charge in [-0.15, -0.1) is 0 Å². The highest BCUT2D eigenvalue weighted by molar-refractivity contribution is 7.92. The zero-order valence-corrected chi connectivity index (χ0v) is 18.0. The van der Waals surface area contributed by atoms with Crippen molar-refractivity contribution in [3.05, 3.63) is 30.1 Å². The van der Waals surface area contributed by atoms with Crippen LogP contribution in [0.25, 0.3) is 22.3 Å². The minimum Gasteiger partial charge on any atom is -0.486 e. The highest BCUT2D eigenvalue weighted by Crippen LogP contribution is 2.44. The number of morpholine rings is 1. The molecule has 1 aromatic carbocycles. The summed E-state index contributed by atoms with van der Waals surface area (Å²) < 4.78 is 31.9. The highest BCUT2D eigenvalue weighted by Gasteiger charge is 2.41. The summed E-state index contributed by atoms with van der Waals surface area (Å²) in [6.45, 7) is 5.87. The molecule has 4 heterocycles. The lowest BCUT2D eigenvalue weighted by molar-refractivity contribution is 0.0691. The van der Waals surface area contributed by atoms with Crippen molar-refractivity contribution in [1.29, 1.82) is 4.78 Å². The van der Waals surface area contributed by atoms with Gasteiger partial charge in [-0.25, -0.2) is 14.2 Å². The zero-order valence-electron chi connectivity index (χ0n) is 17.1. The van der Waals surface area contributed by atoms with Crippen molar-refractivity contribution in [3.8, 4) is 17.1 Å². The predicted molar refractivity (Wildman–Crippen MR) is 114 cm³/mol. The lowest BCUT2D eigenvalue weighted by Gasteiger charge is -2.42. The van der Waals surface area contributed by atoms with Crippen molar-refractivity contribution in [2.45, 2.75) is 24.6 Å². The Bertz CT molecular complexity index is 1240. The van der Waals surface area contributed by atoms with Crippen LogP contribution in [-0.4, -0.2) is 63.0 Å². The minimum absolute atomic E-state index is 0.0664. The summed E-state index contributed by atoms with van der Waals surface area (Å²) in [5.74, 6) is 1.69. The van der Waals surface area contributed by atoms with Crippen LogP contribution in [0, 0.1) is 4.78 Å². The van der Waals surface area contributed by atoms with E-state index in [9.17, 15) is 4.21 Å². The van der Waals surface area contributed by atoms with Gasteiger partial charge in [0.2, 0.25) is 0 Å². The Kier molecular flexibility index (Phi) is 4.26. The fourth-order valence-electron chi connectivity index (χ4n) is 3.89. The first-order valence-electron chi connectivity index (χ1n) is 9.83. The summed E-state index contributed by atoms with van der Waals surface area (Å²) in [4.78, 5) is 11.9. The molecule has 10 heteroatoms. The lowest BCUT2D eigenvalue weighted by Crippen LogP contribution is -2.52. The number of H-pyrrole nitrogens is 1. The van der Waals surface area contributed by atoms with E-state index in [1.165, 1.54) is 6.26 Å². The molecule has 0 bridgehead atoms. The number of ether oxygens (including phenoxy) is 2. The molecule has 5 rings (SSSR count). The van der Waals surface area contributed by atoms with Crippen LogP contribution in [0.4, 0.5) is 5.82 Å². The third kappa shape index (κ3) is 2.85. The molecule has 9 nitrogen and oxygen atoms in total. The molecule has 2 aliphatic rings. The van der Waals surface area contributed by atoms with E-state index in [1.807, 2.05) is 18.2 Å². The Morgan fingerprint density at radius 2 is 2.13 bits per heavy atom. The van der Waals surface area contributed by atoms with Gasteiger partial charge in [0.1, 0.15) is 12.3 Å². The van der Waals surface area contributed by atoms with Gasteiger partial charge in [-0.05, 0) is 19.9 Å². The molecule has 0 amide bonds. The topological polar surface area (TPSA) is 117 Å². The van der Waals surface area contributed by atoms with E-state index in [-0.39, 0.29) is 6.04 Å². The number of anilines is 1. The Balaban J connectivity index is 1.79. The molecule has 3 aromatic rings. The molecule has 30 heavy (non-hydrogen) atoms. The lowest BCUT2D eigenvalue weighted by atomic mass is 10.0. The van der Waals surface area contributed by atoms with Crippen molar-refractivity contribution < 1.29 is 13.7 Å². The van der Waals surface area contributed by atoms with Crippen LogP contribution in [0.2, 0.25) is 0 Å². The number of aromatic nitrogens is 4. The van der Waals surface area contributed by atoms with Gasteiger partial charge in [-0.1, -0.05) is 12.1 Å². The maximum atomic E-state index is 12.9. The van der Waals surface area contributed by atoms with E-state index in [2.05, 4.69) is 15.1 Å². The van der Waals surface area contributed by atoms with E-state index in [1.54, 1.807) is 20.0 Å². The standard InChI is InChI=1S/C20H24N6O3S/c1-20(2,30(3,21)27)17-16-19(26-7-8-28-10-12(26)11-29-16)24-18(23-17)13-5-4-6-15-14(13)9-22-25-15/h4-6,9,12,21H,7-8,10-11H2,1-3H3,(H,22,25)/t12-,30?/m1/s1. The number of nitrogens with zero attached hydrogens (tertiary/aromatic N) is 4. The smallest absolute Gasteiger partial charge is 0.185 e. The van der Waals surface area contributed by atoms with Crippen LogP contribution in [0.5, 0.6) is 5.75 Å². The van der Waals surface area contributed by atoms with E-state index >= 15 is 0 Å². The summed E-state index contributed by atoms with van der Waals surface area (Å²) in [6.07, 6.45) is 3.19. The van der Waals surface area contributed by atoms with Gasteiger partial charge in [0.05, 0.1) is 45.4 Å². The predicted octanol–water partition coefficient (Wildman–Crippen LogP) is 2.53. The minimum atomic E-state index is -2.98. The summed E-state index contributed by atoms with van der Waals surface area (Å²) in [6, 6.07) is 5.88. The van der Waals surface area contributed by atoms with Crippen LogP contribution < -0.4 is 9.64 Å². The molecule has 1 fully saturated rings. The van der Waals surface area contributed by atoms with E-state index < -0.39 is 14.5 Å². The van der Waals surface area contributed by atoms with Gasteiger partial charge in [0.15, 0.2) is 17.4 Å². The second kappa shape index (κ2) is 6.64. The molecule has 2 atom stereocenters. The van der Waals surface area contributed by atoms with Crippen molar-refractivity contribution >= 4 is 26.4 Å². The van der Waals surface area contributed by atoms with Gasteiger partial charge in [-0.2, -0.15) is 5.10 Å². The molecule has 0 saturated carbocycles. The van der Waals surface area contributed by atoms with Gasteiger partial charge in [-0.3, -0.25) is 9.88 Å². The molecule has 0 radical (unpaired) electrons. The number of hydrogen-bond donors (Lipinski definition) is 2. The molecule has 2 aromatic heterocycles. The van der Waals surface area contributed by atoms with Crippen LogP contribution >= 0.6 is 0 Å². The number of benzene rings is 1. The number of aromatic amines is 1. The Morgan fingerprint density at radius 3 is 2.93 bits per heavy atom. The zero-order chi connectivity index (χ0) is 21.1. The third-order valence-electron chi connectivity index (χ3n) is 6.04. The van der Waals surface area contributed by atoms with Gasteiger partial charge in [0, 0.05) is 23.8 Å². The third-order valence-corrected chi connectivity index (χ3v) is 8.18. The maximum Gasteiger partial charge on any atom is 0.185 e. The Hall–Kier alpha value is -2.72. The highest BCUT2D eigenvalue weighted by atomic mass is 32.2. The van der Waals surface area contributed by atoms with Crippen LogP contribution in [0.1, 0.15) is 19.5 Å². The molecule has 2 aliphatic heterocycles. The number of nitrogens with one attached hydrogen (secondary N) is 2. The van der Waals surface area contributed by atoms with Gasteiger partial charge < -0.3 is 14.4 Å². The Labute approximate surface area is 174 Å². The quantitative estimate of drug-likeness (QED) is 0.658. The fourth-order valence-corrected chi connectivity index (χ4v) is 4.40. The number of hydrogen-bond acceptors (Lipinski definition) is 8. The second-order valence-corrected chi connectivity index (χ2v) is 11.0. The van der Waals surface area contributed by atoms with Crippen molar-refractivity contribution in [2.24, 2.45) is 0 Å². The largest absolute Gasteiger partial charge is 0.486 e. The molecular formula is C20H24N6O3S. The summed E-state index contributed by atoms with van der Waals surface area (Å²) >= 11 is 0. The molecule has 158 valence electrons. The van der Waals surface area contributed by atoms with Crippen molar-refractivity contribution in [3.63, 3.8) is 0 Å². The van der Waals surface area contributed by atoms with Crippen LogP contribution in [-0.2, 0) is 19.2 Å². The number of fused-ring (bicyclic) bond motifs is 4. The van der Waals surface area contributed by atoms with Crippen molar-refractivity contribution in [1.82, 2.24) is 20.2 Å². The first-order valence-corrected chi connectivity index (χ1v) is 11.8. The Morgan fingerprint density at radius 1 is 1.30 bits per heavy atom. The monoisotopic (exact) mass is 428 g/mol. The van der Waals surface area contributed by atoms with E-state index in [4.69, 9.17) is 24.2 Å². The first-order chi connectivity index (χ1) is 14.3. The number of rotatable bonds is 3. The average Bonchev–Trinajstić information content (AvgIpc) is 3.21. The normalized spacial score (nSPS) is 20.9. The molecule has 1 saturated heterocycles. The molecule has 1 unspecified atom stereocenters. The molecular weight excluding hydrogens is 404 g/mol. The second-order valence-electron chi connectivity index (χ2n) is 8.27. The SMILES string of the molecule is CC(C)(c1nc(-c2cccc3[nH]ncc23)nc2c1OC[C@H]1COCCN21)S(C)(=N)=O. The van der Waals surface area contributed by atoms with E-state index in [0.29, 0.717) is 49.5 Å². The molecule has 0 aliphatic carbocycles. The van der Waals surface area contributed by atoms with E-state index in [0.717, 1.165) is 16.5 Å². The van der Waals surface area contributed by atoms with Crippen molar-refractivity contribution in [2.75, 3.05) is 37.5 Å². The maximum absolute atomic E-state index is 12.9. The summed E-state index contributed by atoms with van der Waals surface area (Å²) in [5, 5.41) is 8.02.